The number of fused-ring (bicyclic) bond motifs is 2. The van der Waals surface area contributed by atoms with E-state index >= 15 is 0 Å². The lowest BCUT2D eigenvalue weighted by atomic mass is 9.86. The highest BCUT2D eigenvalue weighted by Crippen LogP contribution is 2.36. The first-order valence-corrected chi connectivity index (χ1v) is 23.2. The van der Waals surface area contributed by atoms with Gasteiger partial charge in [0.25, 0.3) is 11.8 Å². The SMILES string of the molecule is O=C1CCC(N2C(=O)c3ccc(CCCCN4CCC(N5CCN(c6ccc(Nc7ncnc8c7ncn8C7CC(NC(=O)Cc8ccccc8)C7)cc6)CC5)CC4)cc3C2=O)C(=O)N1. The van der Waals surface area contributed by atoms with E-state index in [-0.39, 0.29) is 36.7 Å². The molecule has 0 spiro atoms. The summed E-state index contributed by atoms with van der Waals surface area (Å²) in [5.74, 6) is -1.17. The van der Waals surface area contributed by atoms with E-state index in [2.05, 4.69) is 69.5 Å². The Labute approximate surface area is 377 Å². The highest BCUT2D eigenvalue weighted by molar-refractivity contribution is 6.23. The van der Waals surface area contributed by atoms with Gasteiger partial charge in [-0.3, -0.25) is 39.1 Å². The van der Waals surface area contributed by atoms with Crippen LogP contribution >= 0.6 is 0 Å². The molecule has 10 rings (SSSR count). The van der Waals surface area contributed by atoms with Crippen molar-refractivity contribution >= 4 is 57.9 Å². The summed E-state index contributed by atoms with van der Waals surface area (Å²) >= 11 is 0. The van der Waals surface area contributed by atoms with E-state index in [1.165, 1.54) is 18.5 Å². The van der Waals surface area contributed by atoms with Crippen LogP contribution in [0.4, 0.5) is 17.2 Å². The topological polar surface area (TPSA) is 178 Å². The Balaban J connectivity index is 0.635. The van der Waals surface area contributed by atoms with Crippen LogP contribution in [-0.2, 0) is 27.2 Å². The number of benzene rings is 3. The molecule has 3 saturated heterocycles. The maximum absolute atomic E-state index is 13.2. The van der Waals surface area contributed by atoms with Gasteiger partial charge in [-0.15, -0.1) is 0 Å². The standard InChI is InChI=1S/C49H55N11O5/c61-42-16-15-41(47(63)55-42)60-48(64)39-14-9-33(26-40(39)49(60)65)8-4-5-19-56-20-17-37(18-21-56)58-24-22-57(23-25-58)36-12-10-34(11-13-36)54-45-44-46(51-30-50-45)59(31-52-44)38-28-35(29-38)53-43(62)27-32-6-2-1-3-7-32/h1-3,6-7,9-14,26,30-31,35,37-38,41H,4-5,8,15-25,27-29H2,(H,53,62)(H,50,51,54)(H,55,61,63). The van der Waals surface area contributed by atoms with Gasteiger partial charge in [-0.1, -0.05) is 36.4 Å². The number of likely N-dealkylation sites (tertiary alicyclic amines) is 1. The van der Waals surface area contributed by atoms with Crippen molar-refractivity contribution in [2.24, 2.45) is 0 Å². The molecule has 0 bridgehead atoms. The van der Waals surface area contributed by atoms with Crippen molar-refractivity contribution in [2.75, 3.05) is 56.0 Å². The molecule has 4 fully saturated rings. The lowest BCUT2D eigenvalue weighted by molar-refractivity contribution is -0.136. The summed E-state index contributed by atoms with van der Waals surface area (Å²) < 4.78 is 2.11. The summed E-state index contributed by atoms with van der Waals surface area (Å²) in [5.41, 5.74) is 6.37. The van der Waals surface area contributed by atoms with Gasteiger partial charge in [0, 0.05) is 62.1 Å². The second kappa shape index (κ2) is 18.5. The van der Waals surface area contributed by atoms with E-state index in [1.807, 2.05) is 42.7 Å². The maximum atomic E-state index is 13.2. The lowest BCUT2D eigenvalue weighted by Gasteiger charge is -2.43. The average Bonchev–Trinajstić information content (AvgIpc) is 3.85. The number of aromatic nitrogens is 4. The number of amides is 5. The third-order valence-corrected chi connectivity index (χ3v) is 14.0. The molecule has 1 aliphatic carbocycles. The van der Waals surface area contributed by atoms with Crippen molar-refractivity contribution < 1.29 is 24.0 Å². The van der Waals surface area contributed by atoms with Crippen LogP contribution in [0.5, 0.6) is 0 Å². The van der Waals surface area contributed by atoms with E-state index in [4.69, 9.17) is 4.98 Å². The quantitative estimate of drug-likeness (QED) is 0.104. The van der Waals surface area contributed by atoms with Crippen LogP contribution in [0.25, 0.3) is 11.2 Å². The summed E-state index contributed by atoms with van der Waals surface area (Å²) in [6, 6.07) is 23.8. The summed E-state index contributed by atoms with van der Waals surface area (Å²) in [7, 11) is 0. The van der Waals surface area contributed by atoms with Gasteiger partial charge in [-0.05, 0) is 119 Å². The molecular weight excluding hydrogens is 823 g/mol. The van der Waals surface area contributed by atoms with Crippen molar-refractivity contribution in [3.63, 3.8) is 0 Å². The number of piperazine rings is 1. The summed E-state index contributed by atoms with van der Waals surface area (Å²) in [5, 5.41) is 8.89. The number of hydrogen-bond acceptors (Lipinski definition) is 12. The fraction of sp³-hybridized carbons (Fsp3) is 0.429. The zero-order valence-corrected chi connectivity index (χ0v) is 36.5. The number of aryl methyl sites for hydroxylation is 1. The number of hydrogen-bond donors (Lipinski definition) is 3. The normalized spacial score (nSPS) is 21.9. The summed E-state index contributed by atoms with van der Waals surface area (Å²) in [4.78, 5) is 85.4. The molecule has 6 heterocycles. The fourth-order valence-electron chi connectivity index (χ4n) is 10.3. The zero-order valence-electron chi connectivity index (χ0n) is 36.5. The molecule has 65 heavy (non-hydrogen) atoms. The minimum Gasteiger partial charge on any atom is -0.369 e. The van der Waals surface area contributed by atoms with Gasteiger partial charge in [0.05, 0.1) is 23.9 Å². The fourth-order valence-corrected chi connectivity index (χ4v) is 10.3. The summed E-state index contributed by atoms with van der Waals surface area (Å²) in [6.07, 6.45) is 10.9. The van der Waals surface area contributed by atoms with Gasteiger partial charge in [-0.2, -0.15) is 0 Å². The third kappa shape index (κ3) is 9.09. The van der Waals surface area contributed by atoms with Crippen LogP contribution < -0.4 is 20.9 Å². The van der Waals surface area contributed by atoms with Gasteiger partial charge in [0.1, 0.15) is 12.4 Å². The summed E-state index contributed by atoms with van der Waals surface area (Å²) in [6.45, 7) is 7.32. The van der Waals surface area contributed by atoms with E-state index in [0.717, 1.165) is 111 Å². The number of anilines is 3. The van der Waals surface area contributed by atoms with Crippen molar-refractivity contribution in [3.8, 4) is 0 Å². The minimum absolute atomic E-state index is 0.0499. The van der Waals surface area contributed by atoms with Gasteiger partial charge in [0.2, 0.25) is 17.7 Å². The number of carbonyl (C=O) groups excluding carboxylic acids is 5. The Kier molecular flexibility index (Phi) is 12.1. The van der Waals surface area contributed by atoms with Gasteiger partial charge in [0.15, 0.2) is 17.0 Å². The first-order chi connectivity index (χ1) is 31.7. The smallest absolute Gasteiger partial charge is 0.262 e. The number of imide groups is 2. The Hall–Kier alpha value is -6.52. The molecule has 1 saturated carbocycles. The van der Waals surface area contributed by atoms with E-state index in [9.17, 15) is 24.0 Å². The molecule has 1 unspecified atom stereocenters. The van der Waals surface area contributed by atoms with Crippen LogP contribution in [0.3, 0.4) is 0 Å². The number of nitrogens with zero attached hydrogens (tertiary/aromatic N) is 8. The molecule has 5 amide bonds. The molecule has 4 aliphatic heterocycles. The number of nitrogens with one attached hydrogen (secondary N) is 3. The molecule has 1 atom stereocenters. The van der Waals surface area contributed by atoms with Crippen LogP contribution in [-0.4, -0.2) is 128 Å². The van der Waals surface area contributed by atoms with E-state index < -0.39 is 23.8 Å². The number of imidazole rings is 1. The second-order valence-electron chi connectivity index (χ2n) is 18.2. The monoisotopic (exact) mass is 877 g/mol. The average molecular weight is 878 g/mol. The highest BCUT2D eigenvalue weighted by atomic mass is 16.2. The van der Waals surface area contributed by atoms with Crippen LogP contribution in [0.15, 0.2) is 85.5 Å². The third-order valence-electron chi connectivity index (χ3n) is 14.0. The zero-order chi connectivity index (χ0) is 44.4. The molecule has 5 aliphatic rings. The van der Waals surface area contributed by atoms with Crippen LogP contribution in [0, 0.1) is 0 Å². The molecule has 0 radical (unpaired) electrons. The Bertz CT molecular complexity index is 2580. The molecule has 2 aromatic heterocycles. The van der Waals surface area contributed by atoms with Gasteiger partial charge >= 0.3 is 0 Å². The molecule has 3 N–H and O–H groups in total. The van der Waals surface area contributed by atoms with Crippen LogP contribution in [0.2, 0.25) is 0 Å². The minimum atomic E-state index is -0.948. The largest absolute Gasteiger partial charge is 0.369 e. The number of unbranched alkanes of at least 4 members (excludes halogenated alkanes) is 1. The van der Waals surface area contributed by atoms with Gasteiger partial charge < -0.3 is 25.0 Å². The molecule has 5 aromatic rings. The maximum Gasteiger partial charge on any atom is 0.262 e. The second-order valence-corrected chi connectivity index (χ2v) is 18.2. The van der Waals surface area contributed by atoms with Crippen molar-refractivity contribution in [1.82, 2.24) is 44.9 Å². The molecule has 336 valence electrons. The molecular formula is C49H55N11O5. The number of piperidine rings is 2. The Morgan fingerprint density at radius 3 is 2.29 bits per heavy atom. The Morgan fingerprint density at radius 1 is 0.754 bits per heavy atom. The van der Waals surface area contributed by atoms with Crippen LogP contribution in [0.1, 0.15) is 89.3 Å². The van der Waals surface area contributed by atoms with E-state index in [1.54, 1.807) is 18.5 Å². The van der Waals surface area contributed by atoms with Crippen molar-refractivity contribution in [3.05, 3.63) is 108 Å². The number of rotatable bonds is 14. The lowest BCUT2D eigenvalue weighted by Crippen LogP contribution is -2.54. The molecule has 16 nitrogen and oxygen atoms in total. The van der Waals surface area contributed by atoms with E-state index in [0.29, 0.717) is 29.4 Å². The predicted octanol–water partition coefficient (Wildman–Crippen LogP) is 4.64. The van der Waals surface area contributed by atoms with Gasteiger partial charge in [-0.25, -0.2) is 15.0 Å². The predicted molar refractivity (Wildman–Crippen MR) is 245 cm³/mol. The van der Waals surface area contributed by atoms with Crippen molar-refractivity contribution in [1.29, 1.82) is 0 Å². The van der Waals surface area contributed by atoms with Crippen molar-refractivity contribution in [2.45, 2.75) is 88.4 Å². The first kappa shape index (κ1) is 42.4. The Morgan fingerprint density at radius 2 is 1.52 bits per heavy atom. The first-order valence-electron chi connectivity index (χ1n) is 23.2. The molecule has 3 aromatic carbocycles. The highest BCUT2D eigenvalue weighted by Gasteiger charge is 2.44. The number of carbonyl (C=O) groups is 5. The molecule has 16 heteroatoms.